The Morgan fingerprint density at radius 3 is 2.52 bits per heavy atom. The average Bonchev–Trinajstić information content (AvgIpc) is 2.54. The lowest BCUT2D eigenvalue weighted by molar-refractivity contribution is 0.201. The molecule has 0 saturated heterocycles. The van der Waals surface area contributed by atoms with E-state index in [0.29, 0.717) is 6.61 Å². The minimum absolute atomic E-state index is 0.0121. The van der Waals surface area contributed by atoms with Crippen LogP contribution in [-0.4, -0.2) is 23.4 Å². The summed E-state index contributed by atoms with van der Waals surface area (Å²) in [6.07, 6.45) is 0. The zero-order valence-electron chi connectivity index (χ0n) is 12.1. The number of benzene rings is 2. The second-order valence-electron chi connectivity index (χ2n) is 4.87. The van der Waals surface area contributed by atoms with Gasteiger partial charge in [0.2, 0.25) is 0 Å². The minimum atomic E-state index is 0.0121. The van der Waals surface area contributed by atoms with Gasteiger partial charge in [0, 0.05) is 11.7 Å². The van der Waals surface area contributed by atoms with Crippen LogP contribution in [0, 0.1) is 0 Å². The SMILES string of the molecule is CC(Nc1ccc(OCCO)cc1)c1cccc(CO)c1. The third-order valence-corrected chi connectivity index (χ3v) is 3.23. The zero-order chi connectivity index (χ0) is 15.1. The molecule has 3 N–H and O–H groups in total. The molecule has 4 heteroatoms. The van der Waals surface area contributed by atoms with Crippen LogP contribution in [0.1, 0.15) is 24.1 Å². The Morgan fingerprint density at radius 2 is 1.86 bits per heavy atom. The third-order valence-electron chi connectivity index (χ3n) is 3.23. The van der Waals surface area contributed by atoms with Gasteiger partial charge in [0.15, 0.2) is 0 Å². The molecule has 1 atom stereocenters. The van der Waals surface area contributed by atoms with E-state index < -0.39 is 0 Å². The van der Waals surface area contributed by atoms with Crippen LogP contribution in [0.5, 0.6) is 5.75 Å². The Balaban J connectivity index is 1.99. The summed E-state index contributed by atoms with van der Waals surface area (Å²) >= 11 is 0. The molecule has 0 aliphatic heterocycles. The van der Waals surface area contributed by atoms with E-state index >= 15 is 0 Å². The molecule has 2 aromatic rings. The van der Waals surface area contributed by atoms with Crippen molar-refractivity contribution in [3.8, 4) is 5.75 Å². The van der Waals surface area contributed by atoms with Gasteiger partial charge in [-0.05, 0) is 42.3 Å². The Kier molecular flexibility index (Phi) is 5.60. The molecule has 0 saturated carbocycles. The smallest absolute Gasteiger partial charge is 0.119 e. The molecule has 0 aliphatic carbocycles. The van der Waals surface area contributed by atoms with Gasteiger partial charge in [0.25, 0.3) is 0 Å². The molecule has 0 spiro atoms. The van der Waals surface area contributed by atoms with Gasteiger partial charge in [-0.3, -0.25) is 0 Å². The quantitative estimate of drug-likeness (QED) is 0.733. The van der Waals surface area contributed by atoms with Crippen LogP contribution in [0.25, 0.3) is 0 Å². The van der Waals surface area contributed by atoms with Crippen LogP contribution >= 0.6 is 0 Å². The molecule has 0 fully saturated rings. The van der Waals surface area contributed by atoms with Crippen LogP contribution in [-0.2, 0) is 6.61 Å². The molecular formula is C17H21NO3. The summed E-state index contributed by atoms with van der Waals surface area (Å²) < 4.78 is 5.32. The lowest BCUT2D eigenvalue weighted by Gasteiger charge is -2.17. The molecule has 112 valence electrons. The number of aliphatic hydroxyl groups is 2. The number of anilines is 1. The fourth-order valence-electron chi connectivity index (χ4n) is 2.11. The van der Waals surface area contributed by atoms with Gasteiger partial charge in [0.05, 0.1) is 13.2 Å². The van der Waals surface area contributed by atoms with Crippen molar-refractivity contribution < 1.29 is 14.9 Å². The maximum absolute atomic E-state index is 9.18. The largest absolute Gasteiger partial charge is 0.491 e. The highest BCUT2D eigenvalue weighted by Crippen LogP contribution is 2.22. The number of rotatable bonds is 7. The summed E-state index contributed by atoms with van der Waals surface area (Å²) in [5.74, 6) is 0.740. The predicted molar refractivity (Wildman–Crippen MR) is 83.4 cm³/mol. The molecule has 0 heterocycles. The molecule has 21 heavy (non-hydrogen) atoms. The standard InChI is InChI=1S/C17H21NO3/c1-13(15-4-2-3-14(11-15)12-20)18-16-5-7-17(8-6-16)21-10-9-19/h2-8,11,13,18-20H,9-10,12H2,1H3. The molecule has 2 rings (SSSR count). The van der Waals surface area contributed by atoms with Crippen molar-refractivity contribution in [1.82, 2.24) is 0 Å². The Hall–Kier alpha value is -2.04. The first-order chi connectivity index (χ1) is 10.2. The Bertz CT molecular complexity index is 554. The normalized spacial score (nSPS) is 12.0. The van der Waals surface area contributed by atoms with Crippen molar-refractivity contribution in [2.75, 3.05) is 18.5 Å². The van der Waals surface area contributed by atoms with E-state index in [1.807, 2.05) is 48.5 Å². The number of aliphatic hydroxyl groups excluding tert-OH is 2. The minimum Gasteiger partial charge on any atom is -0.491 e. The molecule has 0 aliphatic rings. The number of hydrogen-bond donors (Lipinski definition) is 3. The molecule has 0 aromatic heterocycles. The highest BCUT2D eigenvalue weighted by Gasteiger charge is 2.06. The number of hydrogen-bond acceptors (Lipinski definition) is 4. The van der Waals surface area contributed by atoms with Crippen molar-refractivity contribution in [3.63, 3.8) is 0 Å². The van der Waals surface area contributed by atoms with Crippen LogP contribution in [0.4, 0.5) is 5.69 Å². The number of nitrogens with one attached hydrogen (secondary N) is 1. The fourth-order valence-corrected chi connectivity index (χ4v) is 2.11. The van der Waals surface area contributed by atoms with Gasteiger partial charge in [-0.1, -0.05) is 24.3 Å². The first-order valence-electron chi connectivity index (χ1n) is 7.03. The van der Waals surface area contributed by atoms with Crippen LogP contribution in [0.3, 0.4) is 0 Å². The average molecular weight is 287 g/mol. The van der Waals surface area contributed by atoms with E-state index in [0.717, 1.165) is 22.6 Å². The molecule has 1 unspecified atom stereocenters. The first kappa shape index (κ1) is 15.4. The van der Waals surface area contributed by atoms with Gasteiger partial charge < -0.3 is 20.3 Å². The van der Waals surface area contributed by atoms with E-state index in [9.17, 15) is 5.11 Å². The third kappa shape index (κ3) is 4.48. The lowest BCUT2D eigenvalue weighted by Crippen LogP contribution is -2.07. The van der Waals surface area contributed by atoms with E-state index in [1.165, 1.54) is 0 Å². The van der Waals surface area contributed by atoms with E-state index in [4.69, 9.17) is 9.84 Å². The van der Waals surface area contributed by atoms with E-state index in [2.05, 4.69) is 12.2 Å². The molecule has 2 aromatic carbocycles. The van der Waals surface area contributed by atoms with Gasteiger partial charge >= 0.3 is 0 Å². The summed E-state index contributed by atoms with van der Waals surface area (Å²) in [6, 6.07) is 15.7. The Labute approximate surface area is 125 Å². The second-order valence-corrected chi connectivity index (χ2v) is 4.87. The number of ether oxygens (including phenoxy) is 1. The van der Waals surface area contributed by atoms with Crippen molar-refractivity contribution in [2.45, 2.75) is 19.6 Å². The summed E-state index contributed by atoms with van der Waals surface area (Å²) in [5, 5.41) is 21.3. The lowest BCUT2D eigenvalue weighted by atomic mass is 10.1. The van der Waals surface area contributed by atoms with Gasteiger partial charge in [-0.2, -0.15) is 0 Å². The van der Waals surface area contributed by atoms with Crippen molar-refractivity contribution >= 4 is 5.69 Å². The monoisotopic (exact) mass is 287 g/mol. The maximum atomic E-state index is 9.18. The summed E-state index contributed by atoms with van der Waals surface area (Å²) in [5.41, 5.74) is 3.03. The molecule has 0 bridgehead atoms. The van der Waals surface area contributed by atoms with Gasteiger partial charge in [-0.15, -0.1) is 0 Å². The zero-order valence-corrected chi connectivity index (χ0v) is 12.1. The maximum Gasteiger partial charge on any atom is 0.119 e. The first-order valence-corrected chi connectivity index (χ1v) is 7.03. The van der Waals surface area contributed by atoms with E-state index in [1.54, 1.807) is 0 Å². The van der Waals surface area contributed by atoms with Crippen molar-refractivity contribution in [1.29, 1.82) is 0 Å². The second kappa shape index (κ2) is 7.67. The van der Waals surface area contributed by atoms with Crippen molar-refractivity contribution in [2.24, 2.45) is 0 Å². The van der Waals surface area contributed by atoms with Crippen LogP contribution in [0.2, 0.25) is 0 Å². The van der Waals surface area contributed by atoms with Gasteiger partial charge in [-0.25, -0.2) is 0 Å². The molecular weight excluding hydrogens is 266 g/mol. The summed E-state index contributed by atoms with van der Waals surface area (Å²) in [6.45, 7) is 2.44. The van der Waals surface area contributed by atoms with Crippen molar-refractivity contribution in [3.05, 3.63) is 59.7 Å². The van der Waals surface area contributed by atoms with E-state index in [-0.39, 0.29) is 19.3 Å². The highest BCUT2D eigenvalue weighted by molar-refractivity contribution is 5.48. The van der Waals surface area contributed by atoms with Crippen LogP contribution < -0.4 is 10.1 Å². The summed E-state index contributed by atoms with van der Waals surface area (Å²) in [4.78, 5) is 0. The van der Waals surface area contributed by atoms with Gasteiger partial charge in [0.1, 0.15) is 12.4 Å². The molecule has 0 amide bonds. The molecule has 4 nitrogen and oxygen atoms in total. The fraction of sp³-hybridized carbons (Fsp3) is 0.294. The topological polar surface area (TPSA) is 61.7 Å². The Morgan fingerprint density at radius 1 is 1.10 bits per heavy atom. The summed E-state index contributed by atoms with van der Waals surface area (Å²) in [7, 11) is 0. The molecule has 0 radical (unpaired) electrons. The highest BCUT2D eigenvalue weighted by atomic mass is 16.5. The predicted octanol–water partition coefficient (Wildman–Crippen LogP) is 2.72. The van der Waals surface area contributed by atoms with Crippen LogP contribution in [0.15, 0.2) is 48.5 Å².